The fraction of sp³-hybridized carbons (Fsp3) is 0.370. The number of guanidine groups is 2. The van der Waals surface area contributed by atoms with E-state index in [1.165, 1.54) is 101 Å². The molecule has 29 nitrogen and oxygen atoms in total. The minimum atomic E-state index is -1.30. The van der Waals surface area contributed by atoms with Gasteiger partial charge in [-0.05, 0) is 137 Å². The third-order valence-electron chi connectivity index (χ3n) is 12.5. The van der Waals surface area contributed by atoms with E-state index in [-0.39, 0.29) is 132 Å². The van der Waals surface area contributed by atoms with E-state index in [0.29, 0.717) is 25.8 Å². The van der Waals surface area contributed by atoms with Gasteiger partial charge in [0.15, 0.2) is 11.9 Å². The van der Waals surface area contributed by atoms with E-state index in [0.717, 1.165) is 0 Å². The second-order valence-corrected chi connectivity index (χ2v) is 18.5. The van der Waals surface area contributed by atoms with Gasteiger partial charge >= 0.3 is 0 Å². The topological polar surface area (TPSA) is 486 Å². The van der Waals surface area contributed by atoms with Gasteiger partial charge < -0.3 is 101 Å². The summed E-state index contributed by atoms with van der Waals surface area (Å²) in [5.41, 5.74) is 34.2. The highest BCUT2D eigenvalue weighted by Gasteiger charge is 2.29. The Labute approximate surface area is 479 Å². The van der Waals surface area contributed by atoms with Crippen LogP contribution in [0.5, 0.6) is 23.0 Å². The number of carbonyl (C=O) groups is 8. The van der Waals surface area contributed by atoms with Crippen LogP contribution in [0.2, 0.25) is 0 Å². The number of amides is 8. The van der Waals surface area contributed by atoms with Crippen LogP contribution in [-0.4, -0.2) is 138 Å². The number of anilines is 4. The maximum absolute atomic E-state index is 14.3. The minimum Gasteiger partial charge on any atom is -0.496 e. The number of nitrogens with two attached hydrogens (primary N) is 6. The number of rotatable bonds is 33. The first-order chi connectivity index (χ1) is 39.7. The minimum absolute atomic E-state index is 0.0122. The lowest BCUT2D eigenvalue weighted by molar-refractivity contribution is -0.118. The van der Waals surface area contributed by atoms with Crippen LogP contribution in [0.1, 0.15) is 92.8 Å². The highest BCUT2D eigenvalue weighted by molar-refractivity contribution is 6.07. The Balaban J connectivity index is 1.59. The van der Waals surface area contributed by atoms with Crippen LogP contribution in [0.25, 0.3) is 0 Å². The maximum Gasteiger partial charge on any atom is 0.255 e. The fourth-order valence-electron chi connectivity index (χ4n) is 8.15. The molecular weight excluding hydrogens is 1080 g/mol. The van der Waals surface area contributed by atoms with Crippen LogP contribution in [-0.2, 0) is 19.2 Å². The van der Waals surface area contributed by atoms with E-state index in [1.807, 2.05) is 0 Å². The van der Waals surface area contributed by atoms with Gasteiger partial charge in [0.2, 0.25) is 23.6 Å². The molecule has 0 aliphatic rings. The van der Waals surface area contributed by atoms with Gasteiger partial charge in [0.25, 0.3) is 23.6 Å². The third kappa shape index (κ3) is 20.4. The Morgan fingerprint density at radius 2 is 0.723 bits per heavy atom. The molecule has 23 N–H and O–H groups in total. The molecule has 4 aromatic carbocycles. The third-order valence-corrected chi connectivity index (χ3v) is 12.5. The normalized spacial score (nSPS) is 12.1. The van der Waals surface area contributed by atoms with Gasteiger partial charge in [-0.15, -0.1) is 0 Å². The Hall–Kier alpha value is -9.74. The highest BCUT2D eigenvalue weighted by atomic mass is 16.5. The Bertz CT molecular complexity index is 2980. The number of benzene rings is 4. The zero-order chi connectivity index (χ0) is 61.2. The molecule has 0 aromatic heterocycles. The predicted molar refractivity (Wildman–Crippen MR) is 312 cm³/mol. The first-order valence-corrected chi connectivity index (χ1v) is 26.2. The quantitative estimate of drug-likeness (QED) is 0.0173. The first kappa shape index (κ1) is 65.8. The molecule has 4 atom stereocenters. The summed E-state index contributed by atoms with van der Waals surface area (Å²) in [5.74, 6) is -5.97. The highest BCUT2D eigenvalue weighted by Crippen LogP contribution is 2.28. The van der Waals surface area contributed by atoms with Crippen LogP contribution in [0.3, 0.4) is 0 Å². The van der Waals surface area contributed by atoms with E-state index in [4.69, 9.17) is 64.2 Å². The first-order valence-electron chi connectivity index (χ1n) is 26.2. The van der Waals surface area contributed by atoms with Crippen molar-refractivity contribution in [1.82, 2.24) is 26.6 Å². The van der Waals surface area contributed by atoms with Gasteiger partial charge in [0.1, 0.15) is 41.1 Å². The van der Waals surface area contributed by atoms with Crippen molar-refractivity contribution in [1.29, 1.82) is 10.8 Å². The number of primary amides is 1. The van der Waals surface area contributed by atoms with Gasteiger partial charge in [0.05, 0.1) is 56.7 Å². The molecule has 448 valence electrons. The molecule has 0 spiro atoms. The molecule has 0 saturated carbocycles. The maximum atomic E-state index is 14.3. The van der Waals surface area contributed by atoms with Crippen molar-refractivity contribution in [3.8, 4) is 23.0 Å². The lowest BCUT2D eigenvalue weighted by Gasteiger charge is -2.22. The zero-order valence-corrected chi connectivity index (χ0v) is 46.6. The summed E-state index contributed by atoms with van der Waals surface area (Å²) in [7, 11) is 5.32. The van der Waals surface area contributed by atoms with E-state index >= 15 is 0 Å². The molecule has 0 radical (unpaired) electrons. The summed E-state index contributed by atoms with van der Waals surface area (Å²) in [6.07, 6.45) is 1.73. The summed E-state index contributed by atoms with van der Waals surface area (Å²) in [6.45, 7) is 0.834. The summed E-state index contributed by atoms with van der Waals surface area (Å²) in [4.78, 5) is 109. The van der Waals surface area contributed by atoms with E-state index < -0.39 is 71.4 Å². The number of carbonyl (C=O) groups excluding carboxylic acids is 8. The number of methoxy groups -OCH3 is 4. The molecular formula is C54H75N17O12. The van der Waals surface area contributed by atoms with Crippen LogP contribution in [0.15, 0.2) is 72.8 Å². The standard InChI is InChI=1S/C54H75N17O12/c1-80-41-17-13-29(25-33(41)45(58)72)66-50(77)38(10-6-22-56)69-46(73)35-27-31(15-19-43(35)82-3)67-52(79)40(12-8-24-64-54(61)62)71-48(75)36-28-32(16-20-44(36)83-4)68-51(78)39(11-7-23-63-53(59)60)70-47(74)34-26-30(14-18-42(34)81-2)65-49(76)37(57)9-5-21-55/h13-20,25-28,37-40H,5-12,21-24,55-57H2,1-4H3,(H2,58,72)(H,65,76)(H,66,77)(H,67,79)(H,68,78)(H,69,73)(H,70,74)(H,71,75)(H4,59,60,63)(H4,61,62,64)/t37-,38-,39-,40-/m1/s1. The summed E-state index contributed by atoms with van der Waals surface area (Å²) >= 11 is 0. The molecule has 29 heteroatoms. The van der Waals surface area contributed by atoms with Crippen molar-refractivity contribution in [2.75, 3.05) is 75.9 Å². The van der Waals surface area contributed by atoms with Crippen LogP contribution in [0, 0.1) is 10.8 Å². The van der Waals surface area contributed by atoms with Crippen molar-refractivity contribution < 1.29 is 57.3 Å². The molecule has 0 unspecified atom stereocenters. The Morgan fingerprint density at radius 3 is 1.02 bits per heavy atom. The van der Waals surface area contributed by atoms with Crippen LogP contribution < -0.4 is 101 Å². The smallest absolute Gasteiger partial charge is 0.255 e. The van der Waals surface area contributed by atoms with E-state index in [9.17, 15) is 38.4 Å². The van der Waals surface area contributed by atoms with Crippen molar-refractivity contribution in [2.45, 2.75) is 75.5 Å². The summed E-state index contributed by atoms with van der Waals surface area (Å²) in [5, 5.41) is 39.3. The number of ether oxygens (including phenoxy) is 4. The predicted octanol–water partition coefficient (Wildman–Crippen LogP) is 0.301. The van der Waals surface area contributed by atoms with Crippen molar-refractivity contribution in [3.63, 3.8) is 0 Å². The summed E-state index contributed by atoms with van der Waals surface area (Å²) in [6, 6.07) is 12.4. The molecule has 4 aromatic rings. The Morgan fingerprint density at radius 1 is 0.434 bits per heavy atom. The van der Waals surface area contributed by atoms with E-state index in [2.05, 4.69) is 47.9 Å². The molecule has 0 fully saturated rings. The number of hydrogen-bond donors (Lipinski definition) is 17. The van der Waals surface area contributed by atoms with Crippen LogP contribution in [0.4, 0.5) is 22.7 Å². The van der Waals surface area contributed by atoms with Crippen LogP contribution >= 0.6 is 0 Å². The van der Waals surface area contributed by atoms with Crippen molar-refractivity contribution >= 4 is 81.9 Å². The molecule has 0 aliphatic heterocycles. The molecule has 0 heterocycles. The monoisotopic (exact) mass is 1150 g/mol. The molecule has 8 amide bonds. The van der Waals surface area contributed by atoms with E-state index in [1.54, 1.807) is 0 Å². The zero-order valence-electron chi connectivity index (χ0n) is 46.6. The molecule has 0 aliphatic carbocycles. The average Bonchev–Trinajstić information content (AvgIpc) is 3.52. The summed E-state index contributed by atoms with van der Waals surface area (Å²) < 4.78 is 21.6. The molecule has 0 bridgehead atoms. The Kier molecular flexibility index (Phi) is 26.2. The lowest BCUT2D eigenvalue weighted by atomic mass is 10.1. The van der Waals surface area contributed by atoms with Gasteiger partial charge in [-0.25, -0.2) is 0 Å². The lowest BCUT2D eigenvalue weighted by Crippen LogP contribution is -2.45. The average molecular weight is 1150 g/mol. The number of hydrogen-bond acceptors (Lipinski definition) is 17. The van der Waals surface area contributed by atoms with Gasteiger partial charge in [-0.2, -0.15) is 0 Å². The largest absolute Gasteiger partial charge is 0.496 e. The van der Waals surface area contributed by atoms with Gasteiger partial charge in [0, 0.05) is 35.8 Å². The second-order valence-electron chi connectivity index (χ2n) is 18.5. The van der Waals surface area contributed by atoms with Gasteiger partial charge in [-0.3, -0.25) is 49.2 Å². The molecule has 83 heavy (non-hydrogen) atoms. The van der Waals surface area contributed by atoms with Crippen molar-refractivity contribution in [2.24, 2.45) is 34.4 Å². The molecule has 4 rings (SSSR count). The molecule has 0 saturated heterocycles. The number of nitrogens with one attached hydrogen (secondary N) is 11. The van der Waals surface area contributed by atoms with Gasteiger partial charge in [-0.1, -0.05) is 0 Å². The van der Waals surface area contributed by atoms with Crippen molar-refractivity contribution in [3.05, 3.63) is 95.1 Å². The SMILES string of the molecule is COc1ccc(NC(=O)[C@@H](CCCN)NC(=O)c2cc(NC(=O)[C@@H](CCCNC(=N)N)NC(=O)c3cc(NC(=O)[C@@H](CCCNC(=N)N)NC(=O)c4cc(NC(=O)[C@H](N)CCCN)ccc4OC)ccc3OC)ccc2OC)cc1C(N)=O. The second kappa shape index (κ2) is 33.1. The fourth-order valence-corrected chi connectivity index (χ4v) is 8.15.